The zero-order chi connectivity index (χ0) is 15.4. The van der Waals surface area contributed by atoms with Gasteiger partial charge in [0, 0.05) is 6.04 Å². The molecule has 2 rings (SSSR count). The van der Waals surface area contributed by atoms with E-state index in [9.17, 15) is 4.79 Å². The van der Waals surface area contributed by atoms with E-state index in [1.54, 1.807) is 7.11 Å². The smallest absolute Gasteiger partial charge is 0.323 e. The fourth-order valence-corrected chi connectivity index (χ4v) is 2.60. The number of ether oxygens (including phenoxy) is 2. The van der Waals surface area contributed by atoms with Crippen LogP contribution in [0.1, 0.15) is 38.3 Å². The summed E-state index contributed by atoms with van der Waals surface area (Å²) in [5.41, 5.74) is 1.20. The molecule has 4 heteroatoms. The standard InChI is InChI=1S/C17H25NO3/c1-11(2)15(17(19)21-4)18-16(12-5-6-12)13-7-9-14(20-3)10-8-13/h7-12,15-16,18H,5-6H2,1-4H3. The number of nitrogens with one attached hydrogen (secondary N) is 1. The van der Waals surface area contributed by atoms with Crippen LogP contribution in [0, 0.1) is 11.8 Å². The zero-order valence-electron chi connectivity index (χ0n) is 13.3. The van der Waals surface area contributed by atoms with E-state index in [0.717, 1.165) is 5.75 Å². The molecular formula is C17H25NO3. The number of benzene rings is 1. The lowest BCUT2D eigenvalue weighted by Crippen LogP contribution is -2.44. The van der Waals surface area contributed by atoms with Gasteiger partial charge in [-0.15, -0.1) is 0 Å². The van der Waals surface area contributed by atoms with Crippen LogP contribution in [0.4, 0.5) is 0 Å². The largest absolute Gasteiger partial charge is 0.497 e. The molecule has 1 aliphatic carbocycles. The van der Waals surface area contributed by atoms with E-state index < -0.39 is 0 Å². The maximum Gasteiger partial charge on any atom is 0.323 e. The Morgan fingerprint density at radius 2 is 1.81 bits per heavy atom. The summed E-state index contributed by atoms with van der Waals surface area (Å²) in [6.07, 6.45) is 2.41. The number of hydrogen-bond acceptors (Lipinski definition) is 4. The molecule has 1 N–H and O–H groups in total. The molecule has 0 aromatic heterocycles. The van der Waals surface area contributed by atoms with Gasteiger partial charge < -0.3 is 9.47 Å². The lowest BCUT2D eigenvalue weighted by Gasteiger charge is -2.27. The molecule has 1 saturated carbocycles. The number of esters is 1. The molecule has 1 fully saturated rings. The van der Waals surface area contributed by atoms with Gasteiger partial charge in [0.25, 0.3) is 0 Å². The van der Waals surface area contributed by atoms with Gasteiger partial charge in [0.2, 0.25) is 0 Å². The predicted molar refractivity (Wildman–Crippen MR) is 82.2 cm³/mol. The number of hydrogen-bond donors (Lipinski definition) is 1. The molecule has 0 bridgehead atoms. The Hall–Kier alpha value is -1.55. The van der Waals surface area contributed by atoms with E-state index in [1.807, 2.05) is 26.0 Å². The lowest BCUT2D eigenvalue weighted by molar-refractivity contribution is -0.144. The van der Waals surface area contributed by atoms with Crippen LogP contribution in [0.15, 0.2) is 24.3 Å². The maximum atomic E-state index is 12.0. The monoisotopic (exact) mass is 291 g/mol. The Labute approximate surface area is 126 Å². The van der Waals surface area contributed by atoms with Crippen molar-refractivity contribution in [2.24, 2.45) is 11.8 Å². The molecule has 0 saturated heterocycles. The molecule has 1 aromatic carbocycles. The van der Waals surface area contributed by atoms with E-state index >= 15 is 0 Å². The summed E-state index contributed by atoms with van der Waals surface area (Å²) in [5.74, 6) is 1.45. The van der Waals surface area contributed by atoms with Gasteiger partial charge in [0.1, 0.15) is 11.8 Å². The Bertz CT molecular complexity index is 465. The quantitative estimate of drug-likeness (QED) is 0.785. The average molecular weight is 291 g/mol. The molecule has 1 aromatic rings. The topological polar surface area (TPSA) is 47.6 Å². The first-order valence-electron chi connectivity index (χ1n) is 7.54. The molecule has 0 amide bonds. The van der Waals surface area contributed by atoms with Crippen molar-refractivity contribution in [3.63, 3.8) is 0 Å². The van der Waals surface area contributed by atoms with E-state index in [-0.39, 0.29) is 24.0 Å². The molecule has 4 nitrogen and oxygen atoms in total. The van der Waals surface area contributed by atoms with Crippen LogP contribution in [0.25, 0.3) is 0 Å². The molecule has 2 atom stereocenters. The molecule has 0 heterocycles. The highest BCUT2D eigenvalue weighted by Crippen LogP contribution is 2.41. The molecule has 2 unspecified atom stereocenters. The molecule has 0 radical (unpaired) electrons. The second kappa shape index (κ2) is 6.94. The zero-order valence-corrected chi connectivity index (χ0v) is 13.3. The Morgan fingerprint density at radius 3 is 2.24 bits per heavy atom. The lowest BCUT2D eigenvalue weighted by atomic mass is 9.97. The first kappa shape index (κ1) is 15.8. The van der Waals surface area contributed by atoms with Crippen molar-refractivity contribution in [3.05, 3.63) is 29.8 Å². The highest BCUT2D eigenvalue weighted by molar-refractivity contribution is 5.76. The average Bonchev–Trinajstić information content (AvgIpc) is 3.32. The fraction of sp³-hybridized carbons (Fsp3) is 0.588. The van der Waals surface area contributed by atoms with Crippen molar-refractivity contribution in [1.29, 1.82) is 0 Å². The first-order chi connectivity index (χ1) is 10.1. The summed E-state index contributed by atoms with van der Waals surface area (Å²) in [4.78, 5) is 12.0. The molecule has 116 valence electrons. The van der Waals surface area contributed by atoms with Gasteiger partial charge in [-0.3, -0.25) is 10.1 Å². The van der Waals surface area contributed by atoms with Crippen molar-refractivity contribution in [2.45, 2.75) is 38.8 Å². The maximum absolute atomic E-state index is 12.0. The Balaban J connectivity index is 2.16. The van der Waals surface area contributed by atoms with Gasteiger partial charge in [0.15, 0.2) is 0 Å². The number of methoxy groups -OCH3 is 2. The highest BCUT2D eigenvalue weighted by Gasteiger charge is 2.36. The second-order valence-electron chi connectivity index (χ2n) is 6.00. The molecule has 21 heavy (non-hydrogen) atoms. The molecule has 0 spiro atoms. The summed E-state index contributed by atoms with van der Waals surface area (Å²) in [7, 11) is 3.11. The van der Waals surface area contributed by atoms with Gasteiger partial charge in [0.05, 0.1) is 14.2 Å². The van der Waals surface area contributed by atoms with E-state index in [0.29, 0.717) is 5.92 Å². The highest BCUT2D eigenvalue weighted by atomic mass is 16.5. The molecule has 1 aliphatic rings. The number of carbonyl (C=O) groups is 1. The normalized spacial score (nSPS) is 17.4. The van der Waals surface area contributed by atoms with Crippen LogP contribution in [-0.4, -0.2) is 26.2 Å². The van der Waals surface area contributed by atoms with Crippen LogP contribution in [0.5, 0.6) is 5.75 Å². The minimum atomic E-state index is -0.275. The Kier molecular flexibility index (Phi) is 5.23. The van der Waals surface area contributed by atoms with E-state index in [1.165, 1.54) is 25.5 Å². The van der Waals surface area contributed by atoms with Crippen LogP contribution < -0.4 is 10.1 Å². The summed E-state index contributed by atoms with van der Waals surface area (Å²) in [6, 6.07) is 8.00. The van der Waals surface area contributed by atoms with Gasteiger partial charge in [-0.05, 0) is 42.4 Å². The van der Waals surface area contributed by atoms with Gasteiger partial charge in [-0.1, -0.05) is 26.0 Å². The van der Waals surface area contributed by atoms with Crippen LogP contribution >= 0.6 is 0 Å². The summed E-state index contributed by atoms with van der Waals surface area (Å²) < 4.78 is 10.1. The summed E-state index contributed by atoms with van der Waals surface area (Å²) in [5, 5.41) is 3.50. The van der Waals surface area contributed by atoms with Crippen molar-refractivity contribution < 1.29 is 14.3 Å². The van der Waals surface area contributed by atoms with Crippen molar-refractivity contribution in [3.8, 4) is 5.75 Å². The third-order valence-electron chi connectivity index (χ3n) is 4.05. The fourth-order valence-electron chi connectivity index (χ4n) is 2.60. The van der Waals surface area contributed by atoms with Gasteiger partial charge in [-0.2, -0.15) is 0 Å². The second-order valence-corrected chi connectivity index (χ2v) is 6.00. The van der Waals surface area contributed by atoms with Crippen molar-refractivity contribution in [2.75, 3.05) is 14.2 Å². The summed E-state index contributed by atoms with van der Waals surface area (Å²) in [6.45, 7) is 4.07. The minimum Gasteiger partial charge on any atom is -0.497 e. The first-order valence-corrected chi connectivity index (χ1v) is 7.54. The van der Waals surface area contributed by atoms with Gasteiger partial charge >= 0.3 is 5.97 Å². The number of carbonyl (C=O) groups excluding carboxylic acids is 1. The Morgan fingerprint density at radius 1 is 1.19 bits per heavy atom. The predicted octanol–water partition coefficient (Wildman–Crippen LogP) is 2.93. The van der Waals surface area contributed by atoms with Crippen LogP contribution in [0.3, 0.4) is 0 Å². The van der Waals surface area contributed by atoms with Crippen molar-refractivity contribution >= 4 is 5.97 Å². The third kappa shape index (κ3) is 3.97. The van der Waals surface area contributed by atoms with E-state index in [4.69, 9.17) is 9.47 Å². The molecule has 0 aliphatic heterocycles. The van der Waals surface area contributed by atoms with Gasteiger partial charge in [-0.25, -0.2) is 0 Å². The van der Waals surface area contributed by atoms with Crippen LogP contribution in [-0.2, 0) is 9.53 Å². The number of rotatable bonds is 7. The summed E-state index contributed by atoms with van der Waals surface area (Å²) >= 11 is 0. The van der Waals surface area contributed by atoms with E-state index in [2.05, 4.69) is 17.4 Å². The SMILES string of the molecule is COC(=O)C(NC(c1ccc(OC)cc1)C1CC1)C(C)C. The van der Waals surface area contributed by atoms with Crippen LogP contribution in [0.2, 0.25) is 0 Å². The minimum absolute atomic E-state index is 0.191. The third-order valence-corrected chi connectivity index (χ3v) is 4.05. The van der Waals surface area contributed by atoms with Crippen molar-refractivity contribution in [1.82, 2.24) is 5.32 Å². The molecular weight excluding hydrogens is 266 g/mol.